The second kappa shape index (κ2) is 8.91. The molecule has 0 atom stereocenters. The van der Waals surface area contributed by atoms with Crippen molar-refractivity contribution in [2.45, 2.75) is 0 Å². The Kier molecular flexibility index (Phi) is 6.58. The van der Waals surface area contributed by atoms with E-state index in [1.165, 1.54) is 11.1 Å². The molecular formula is C22H16Br3N2+. The summed E-state index contributed by atoms with van der Waals surface area (Å²) < 4.78 is 6.29. The molecule has 0 saturated heterocycles. The van der Waals surface area contributed by atoms with Crippen molar-refractivity contribution >= 4 is 31.9 Å². The van der Waals surface area contributed by atoms with Gasteiger partial charge >= 0.3 is 0 Å². The summed E-state index contributed by atoms with van der Waals surface area (Å²) in [6, 6.07) is 29.3. The van der Waals surface area contributed by atoms with Crippen LogP contribution in [0.2, 0.25) is 0 Å². The molecule has 134 valence electrons. The Morgan fingerprint density at radius 1 is 0.519 bits per heavy atom. The van der Waals surface area contributed by atoms with Gasteiger partial charge in [-0.3, -0.25) is 0 Å². The van der Waals surface area contributed by atoms with Gasteiger partial charge in [-0.1, -0.05) is 24.3 Å². The van der Waals surface area contributed by atoms with Gasteiger partial charge in [-0.05, 0) is 23.3 Å². The minimum Gasteiger partial charge on any atom is -1.00 e. The number of nitrogens with zero attached hydrogens (tertiary/aromatic N) is 2. The number of halogens is 3. The van der Waals surface area contributed by atoms with Gasteiger partial charge in [-0.25, -0.2) is 0 Å². The molecule has 2 nitrogen and oxygen atoms in total. The van der Waals surface area contributed by atoms with E-state index in [9.17, 15) is 0 Å². The minimum atomic E-state index is 0. The van der Waals surface area contributed by atoms with Crippen LogP contribution in [0.1, 0.15) is 0 Å². The average Bonchev–Trinajstić information content (AvgIpc) is 2.69. The summed E-state index contributed by atoms with van der Waals surface area (Å²) in [6.45, 7) is 0. The van der Waals surface area contributed by atoms with E-state index in [1.54, 1.807) is 0 Å². The van der Waals surface area contributed by atoms with Gasteiger partial charge in [0.15, 0.2) is 12.4 Å². The minimum absolute atomic E-state index is 0. The van der Waals surface area contributed by atoms with Crippen LogP contribution in [0.3, 0.4) is 0 Å². The van der Waals surface area contributed by atoms with Crippen molar-refractivity contribution in [2.75, 3.05) is 0 Å². The van der Waals surface area contributed by atoms with Crippen molar-refractivity contribution in [3.8, 4) is 22.5 Å². The van der Waals surface area contributed by atoms with Gasteiger partial charge in [0.05, 0.1) is 0 Å². The van der Waals surface area contributed by atoms with Crippen LogP contribution in [0.5, 0.6) is 0 Å². The molecule has 0 unspecified atom stereocenters. The quantitative estimate of drug-likeness (QED) is 0.275. The fourth-order valence-corrected chi connectivity index (χ4v) is 3.89. The Hall–Kier alpha value is -1.82. The lowest BCUT2D eigenvalue weighted by Gasteiger charge is -2.05. The van der Waals surface area contributed by atoms with Crippen molar-refractivity contribution in [1.29, 1.82) is 0 Å². The molecule has 0 spiro atoms. The maximum absolute atomic E-state index is 3.62. The smallest absolute Gasteiger partial charge is 0.253 e. The molecule has 0 N–H and O–H groups in total. The Labute approximate surface area is 186 Å². The lowest BCUT2D eigenvalue weighted by atomic mass is 10.0. The van der Waals surface area contributed by atoms with Crippen LogP contribution in [0.4, 0.5) is 0 Å². The maximum Gasteiger partial charge on any atom is 0.253 e. The topological polar surface area (TPSA) is 7.76 Å². The Morgan fingerprint density at radius 3 is 1.37 bits per heavy atom. The highest BCUT2D eigenvalue weighted by Gasteiger charge is 2.14. The largest absolute Gasteiger partial charge is 1.00 e. The highest BCUT2D eigenvalue weighted by Crippen LogP contribution is 2.23. The normalized spacial score (nSPS) is 10.3. The molecule has 0 fully saturated rings. The molecule has 2 aromatic carbocycles. The maximum atomic E-state index is 3.62. The summed E-state index contributed by atoms with van der Waals surface area (Å²) in [5, 5.41) is 0. The molecule has 0 bridgehead atoms. The first-order chi connectivity index (χ1) is 12.7. The number of hydrogen-bond donors (Lipinski definition) is 0. The molecule has 0 radical (unpaired) electrons. The predicted molar refractivity (Wildman–Crippen MR) is 110 cm³/mol. The van der Waals surface area contributed by atoms with E-state index >= 15 is 0 Å². The Balaban J connectivity index is 0.00000210. The zero-order valence-electron chi connectivity index (χ0n) is 14.3. The molecule has 0 aliphatic heterocycles. The van der Waals surface area contributed by atoms with E-state index in [4.69, 9.17) is 0 Å². The first kappa shape index (κ1) is 19.9. The van der Waals surface area contributed by atoms with Crippen molar-refractivity contribution in [2.24, 2.45) is 0 Å². The monoisotopic (exact) mass is 545 g/mol. The standard InChI is InChI=1S/C22H16Br2N2.BrH/c23-21-11-1-3-13-25(21)19-9-5-7-17(15-19)18-8-6-10-20(16-18)26-14-4-2-12-22(26)24;/h1-16H;1H/q+2;/p-1. The molecule has 0 amide bonds. The van der Waals surface area contributed by atoms with Crippen LogP contribution >= 0.6 is 31.9 Å². The third-order valence-corrected chi connectivity index (χ3v) is 5.50. The van der Waals surface area contributed by atoms with Gasteiger partial charge in [0, 0.05) is 80.4 Å². The van der Waals surface area contributed by atoms with Gasteiger partial charge in [0.1, 0.15) is 0 Å². The fourth-order valence-electron chi connectivity index (χ4n) is 2.93. The molecule has 5 heteroatoms. The first-order valence-electron chi connectivity index (χ1n) is 8.26. The van der Waals surface area contributed by atoms with Gasteiger partial charge in [0.25, 0.3) is 9.21 Å². The van der Waals surface area contributed by atoms with E-state index in [0.717, 1.165) is 20.6 Å². The van der Waals surface area contributed by atoms with Crippen LogP contribution in [-0.4, -0.2) is 0 Å². The van der Waals surface area contributed by atoms with Crippen LogP contribution in [0.15, 0.2) is 107 Å². The van der Waals surface area contributed by atoms with Crippen LogP contribution in [-0.2, 0) is 0 Å². The van der Waals surface area contributed by atoms with Gasteiger partial charge in [-0.2, -0.15) is 9.13 Å². The molecule has 0 aliphatic rings. The summed E-state index contributed by atoms with van der Waals surface area (Å²) in [6.07, 6.45) is 4.10. The first-order valence-corrected chi connectivity index (χ1v) is 9.84. The predicted octanol–water partition coefficient (Wildman–Crippen LogP) is 2.44. The van der Waals surface area contributed by atoms with Gasteiger partial charge < -0.3 is 17.0 Å². The van der Waals surface area contributed by atoms with Crippen LogP contribution < -0.4 is 26.1 Å². The van der Waals surface area contributed by atoms with Gasteiger partial charge in [0.2, 0.25) is 11.4 Å². The molecule has 2 aromatic heterocycles. The molecule has 27 heavy (non-hydrogen) atoms. The van der Waals surface area contributed by atoms with Crippen molar-refractivity contribution < 1.29 is 26.1 Å². The molecule has 4 rings (SSSR count). The van der Waals surface area contributed by atoms with E-state index in [2.05, 4.69) is 102 Å². The number of hydrogen-bond acceptors (Lipinski definition) is 0. The summed E-state index contributed by atoms with van der Waals surface area (Å²) in [5.41, 5.74) is 4.60. The molecular weight excluding hydrogens is 532 g/mol. The highest BCUT2D eigenvalue weighted by molar-refractivity contribution is 9.10. The lowest BCUT2D eigenvalue weighted by molar-refractivity contribution is -0.607. The second-order valence-corrected chi connectivity index (χ2v) is 7.51. The van der Waals surface area contributed by atoms with Crippen molar-refractivity contribution in [3.05, 3.63) is 107 Å². The second-order valence-electron chi connectivity index (χ2n) is 5.89. The van der Waals surface area contributed by atoms with E-state index < -0.39 is 0 Å². The summed E-state index contributed by atoms with van der Waals surface area (Å²) >= 11 is 7.24. The van der Waals surface area contributed by atoms with E-state index in [1.807, 2.05) is 36.4 Å². The lowest BCUT2D eigenvalue weighted by Crippen LogP contribution is -3.00. The number of rotatable bonds is 3. The van der Waals surface area contributed by atoms with Crippen molar-refractivity contribution in [3.63, 3.8) is 0 Å². The number of aromatic nitrogens is 2. The molecule has 2 heterocycles. The summed E-state index contributed by atoms with van der Waals surface area (Å²) in [4.78, 5) is 0. The SMILES string of the molecule is Brc1cccc[n+]1-c1cccc(-c2cccc(-[n+]3ccccc3Br)c2)c1.[Br-]. The number of benzene rings is 2. The summed E-state index contributed by atoms with van der Waals surface area (Å²) in [7, 11) is 0. The molecule has 0 aliphatic carbocycles. The number of pyridine rings is 2. The van der Waals surface area contributed by atoms with Crippen LogP contribution in [0, 0.1) is 0 Å². The summed E-state index contributed by atoms with van der Waals surface area (Å²) in [5.74, 6) is 0. The molecule has 4 aromatic rings. The third-order valence-electron chi connectivity index (χ3n) is 4.20. The highest BCUT2D eigenvalue weighted by atomic mass is 79.9. The fraction of sp³-hybridized carbons (Fsp3) is 0. The molecule has 0 saturated carbocycles. The Bertz CT molecular complexity index is 993. The van der Waals surface area contributed by atoms with Crippen molar-refractivity contribution in [1.82, 2.24) is 0 Å². The average molecular weight is 548 g/mol. The van der Waals surface area contributed by atoms with E-state index in [0.29, 0.717) is 0 Å². The third kappa shape index (κ3) is 4.37. The Morgan fingerprint density at radius 2 is 0.963 bits per heavy atom. The van der Waals surface area contributed by atoms with Gasteiger partial charge in [-0.15, -0.1) is 0 Å². The van der Waals surface area contributed by atoms with Crippen LogP contribution in [0.25, 0.3) is 22.5 Å². The zero-order chi connectivity index (χ0) is 17.9. The van der Waals surface area contributed by atoms with E-state index in [-0.39, 0.29) is 17.0 Å². The zero-order valence-corrected chi connectivity index (χ0v) is 19.0.